The van der Waals surface area contributed by atoms with E-state index < -0.39 is 25.8 Å². The van der Waals surface area contributed by atoms with Crippen LogP contribution < -0.4 is 5.32 Å². The van der Waals surface area contributed by atoms with E-state index in [2.05, 4.69) is 5.32 Å². The molecular weight excluding hydrogens is 388 g/mol. The van der Waals surface area contributed by atoms with Crippen LogP contribution in [0.4, 0.5) is 11.4 Å². The molecule has 0 unspecified atom stereocenters. The summed E-state index contributed by atoms with van der Waals surface area (Å²) in [6, 6.07) is 10.5. The fourth-order valence-electron chi connectivity index (χ4n) is 2.83. The lowest BCUT2D eigenvalue weighted by molar-refractivity contribution is -0.385. The number of hydrogen-bond acceptors (Lipinski definition) is 6. The first-order valence-corrected chi connectivity index (χ1v) is 9.32. The fourth-order valence-corrected chi connectivity index (χ4v) is 3.68. The highest BCUT2D eigenvalue weighted by Crippen LogP contribution is 2.35. The quantitative estimate of drug-likeness (QED) is 0.345. The van der Waals surface area contributed by atoms with Gasteiger partial charge in [0.25, 0.3) is 21.7 Å². The molecule has 1 amide bonds. The largest absolute Gasteiger partial charge is 0.507 e. The summed E-state index contributed by atoms with van der Waals surface area (Å²) < 4.78 is 33.5. The van der Waals surface area contributed by atoms with Crippen molar-refractivity contribution < 1.29 is 27.8 Å². The Kier molecular flexibility index (Phi) is 4.75. The first kappa shape index (κ1) is 19.3. The highest BCUT2D eigenvalue weighted by molar-refractivity contribution is 7.86. The highest BCUT2D eigenvalue weighted by atomic mass is 32.2. The second-order valence-electron chi connectivity index (χ2n) is 6.00. The number of rotatable bonds is 4. The number of amides is 1. The number of nitro groups is 1. The number of fused-ring (bicyclic) bond motifs is 1. The van der Waals surface area contributed by atoms with Gasteiger partial charge in [0.05, 0.1) is 10.6 Å². The number of phenolic OH excluding ortho intramolecular Hbond substituents is 1. The molecule has 3 aromatic rings. The van der Waals surface area contributed by atoms with E-state index in [1.807, 2.05) is 0 Å². The van der Waals surface area contributed by atoms with Crippen molar-refractivity contribution in [2.45, 2.75) is 11.8 Å². The summed E-state index contributed by atoms with van der Waals surface area (Å²) >= 11 is 0. The molecule has 3 aromatic carbocycles. The van der Waals surface area contributed by atoms with Gasteiger partial charge in [0.15, 0.2) is 0 Å². The first-order valence-electron chi connectivity index (χ1n) is 7.88. The Morgan fingerprint density at radius 1 is 1.11 bits per heavy atom. The molecule has 0 aliphatic heterocycles. The molecule has 10 heteroatoms. The number of hydrogen-bond donors (Lipinski definition) is 3. The van der Waals surface area contributed by atoms with Crippen molar-refractivity contribution in [2.75, 3.05) is 5.32 Å². The summed E-state index contributed by atoms with van der Waals surface area (Å²) in [6.45, 7) is 1.52. The van der Waals surface area contributed by atoms with Gasteiger partial charge in [0, 0.05) is 28.0 Å². The molecule has 28 heavy (non-hydrogen) atoms. The van der Waals surface area contributed by atoms with Gasteiger partial charge < -0.3 is 10.4 Å². The molecule has 0 atom stereocenters. The van der Waals surface area contributed by atoms with Crippen LogP contribution in [0.25, 0.3) is 10.8 Å². The maximum atomic E-state index is 12.5. The van der Waals surface area contributed by atoms with Crippen LogP contribution in [0.2, 0.25) is 0 Å². The summed E-state index contributed by atoms with van der Waals surface area (Å²) in [5, 5.41) is 23.5. The van der Waals surface area contributed by atoms with Crippen molar-refractivity contribution in [2.24, 2.45) is 0 Å². The lowest BCUT2D eigenvalue weighted by Crippen LogP contribution is -2.15. The summed E-state index contributed by atoms with van der Waals surface area (Å²) in [6.07, 6.45) is 0. The van der Waals surface area contributed by atoms with Gasteiger partial charge >= 0.3 is 0 Å². The number of anilines is 1. The van der Waals surface area contributed by atoms with Crippen molar-refractivity contribution >= 4 is 38.2 Å². The van der Waals surface area contributed by atoms with Crippen molar-refractivity contribution in [1.82, 2.24) is 0 Å². The van der Waals surface area contributed by atoms with E-state index in [0.717, 1.165) is 6.07 Å². The third-order valence-corrected chi connectivity index (χ3v) is 5.12. The normalized spacial score (nSPS) is 11.4. The Labute approximate surface area is 159 Å². The zero-order valence-electron chi connectivity index (χ0n) is 14.4. The van der Waals surface area contributed by atoms with Crippen LogP contribution in [0.3, 0.4) is 0 Å². The van der Waals surface area contributed by atoms with Crippen molar-refractivity contribution in [3.63, 3.8) is 0 Å². The van der Waals surface area contributed by atoms with Gasteiger partial charge in [-0.3, -0.25) is 19.5 Å². The predicted octanol–water partition coefficient (Wildman–Crippen LogP) is 3.26. The number of nitro benzene ring substituents is 1. The molecule has 0 saturated heterocycles. The number of phenols is 1. The SMILES string of the molecule is Cc1ccc(C(=O)Nc2ccc3c(O)cccc3c2S(=O)(=O)O)cc1[N+](=O)[O-]. The highest BCUT2D eigenvalue weighted by Gasteiger charge is 2.23. The predicted molar refractivity (Wildman–Crippen MR) is 101 cm³/mol. The number of aryl methyl sites for hydroxylation is 1. The fraction of sp³-hybridized carbons (Fsp3) is 0.0556. The van der Waals surface area contributed by atoms with E-state index in [0.29, 0.717) is 5.56 Å². The van der Waals surface area contributed by atoms with Gasteiger partial charge in [-0.15, -0.1) is 0 Å². The lowest BCUT2D eigenvalue weighted by atomic mass is 10.1. The maximum Gasteiger partial charge on any atom is 0.297 e. The molecule has 0 aliphatic carbocycles. The van der Waals surface area contributed by atoms with Gasteiger partial charge in [-0.2, -0.15) is 8.42 Å². The summed E-state index contributed by atoms with van der Waals surface area (Å²) in [7, 11) is -4.77. The first-order chi connectivity index (χ1) is 13.1. The Bertz CT molecular complexity index is 1240. The number of carbonyl (C=O) groups is 1. The van der Waals surface area contributed by atoms with Crippen LogP contribution in [0.5, 0.6) is 5.75 Å². The molecule has 0 radical (unpaired) electrons. The number of aromatic hydroxyl groups is 1. The van der Waals surface area contributed by atoms with Crippen LogP contribution in [-0.2, 0) is 10.1 Å². The molecule has 0 saturated carbocycles. The average Bonchev–Trinajstić information content (AvgIpc) is 2.60. The van der Waals surface area contributed by atoms with Crippen LogP contribution in [0.15, 0.2) is 53.4 Å². The number of benzene rings is 3. The van der Waals surface area contributed by atoms with E-state index in [1.165, 1.54) is 49.4 Å². The topological polar surface area (TPSA) is 147 Å². The van der Waals surface area contributed by atoms with Crippen LogP contribution in [0, 0.1) is 17.0 Å². The molecule has 3 rings (SSSR count). The van der Waals surface area contributed by atoms with Gasteiger partial charge in [-0.25, -0.2) is 0 Å². The summed E-state index contributed by atoms with van der Waals surface area (Å²) in [4.78, 5) is 22.4. The minimum absolute atomic E-state index is 0.00943. The zero-order valence-corrected chi connectivity index (χ0v) is 15.2. The van der Waals surface area contributed by atoms with Crippen molar-refractivity contribution in [3.8, 4) is 5.75 Å². The second-order valence-corrected chi connectivity index (χ2v) is 7.36. The van der Waals surface area contributed by atoms with Crippen molar-refractivity contribution in [3.05, 3.63) is 69.8 Å². The number of carbonyl (C=O) groups excluding carboxylic acids is 1. The van der Waals surface area contributed by atoms with Crippen LogP contribution >= 0.6 is 0 Å². The monoisotopic (exact) mass is 402 g/mol. The molecular formula is C18H14N2O7S. The molecule has 144 valence electrons. The lowest BCUT2D eigenvalue weighted by Gasteiger charge is -2.13. The molecule has 9 nitrogen and oxygen atoms in total. The van der Waals surface area contributed by atoms with E-state index >= 15 is 0 Å². The minimum Gasteiger partial charge on any atom is -0.507 e. The third-order valence-electron chi connectivity index (χ3n) is 4.16. The Morgan fingerprint density at radius 2 is 1.82 bits per heavy atom. The Hall–Kier alpha value is -3.50. The molecule has 0 spiro atoms. The Morgan fingerprint density at radius 3 is 2.46 bits per heavy atom. The van der Waals surface area contributed by atoms with E-state index in [4.69, 9.17) is 0 Å². The molecule has 0 aromatic heterocycles. The average molecular weight is 402 g/mol. The van der Waals surface area contributed by atoms with Gasteiger partial charge in [0.2, 0.25) is 0 Å². The summed E-state index contributed by atoms with van der Waals surface area (Å²) in [5.74, 6) is -0.998. The van der Waals surface area contributed by atoms with E-state index in [1.54, 1.807) is 0 Å². The van der Waals surface area contributed by atoms with E-state index in [9.17, 15) is 33.0 Å². The third kappa shape index (κ3) is 3.50. The maximum absolute atomic E-state index is 12.5. The van der Waals surface area contributed by atoms with Crippen molar-refractivity contribution in [1.29, 1.82) is 0 Å². The van der Waals surface area contributed by atoms with Gasteiger partial charge in [-0.1, -0.05) is 18.2 Å². The van der Waals surface area contributed by atoms with Gasteiger partial charge in [0.1, 0.15) is 10.6 Å². The van der Waals surface area contributed by atoms with Crippen LogP contribution in [-0.4, -0.2) is 28.9 Å². The van der Waals surface area contributed by atoms with E-state index in [-0.39, 0.29) is 33.5 Å². The zero-order chi connectivity index (χ0) is 20.6. The standard InChI is InChI=1S/C18H14N2O7S/c1-10-5-6-11(9-15(10)20(23)24)18(22)19-14-8-7-12-13(3-2-4-16(12)21)17(14)28(25,26)27/h2-9,21H,1H3,(H,19,22)(H,25,26,27). The molecule has 0 bridgehead atoms. The number of nitrogens with one attached hydrogen (secondary N) is 1. The minimum atomic E-state index is -4.77. The molecule has 0 fully saturated rings. The molecule has 3 N–H and O–H groups in total. The molecule has 0 aliphatic rings. The smallest absolute Gasteiger partial charge is 0.297 e. The van der Waals surface area contributed by atoms with Crippen LogP contribution in [0.1, 0.15) is 15.9 Å². The summed E-state index contributed by atoms with van der Waals surface area (Å²) in [5.41, 5.74) is -0.184. The Balaban J connectivity index is 2.11. The second kappa shape index (κ2) is 6.91. The van der Waals surface area contributed by atoms with Gasteiger partial charge in [-0.05, 0) is 31.2 Å². The number of nitrogens with zero attached hydrogens (tertiary/aromatic N) is 1. The molecule has 0 heterocycles.